The van der Waals surface area contributed by atoms with Crippen molar-refractivity contribution in [3.05, 3.63) is 34.9 Å². The van der Waals surface area contributed by atoms with Gasteiger partial charge < -0.3 is 4.90 Å². The molecule has 2 atom stereocenters. The molecule has 0 bridgehead atoms. The molecule has 0 amide bonds. The van der Waals surface area contributed by atoms with Gasteiger partial charge in [0.2, 0.25) is 0 Å². The quantitative estimate of drug-likeness (QED) is 0.787. The van der Waals surface area contributed by atoms with Crippen LogP contribution in [0.4, 0.5) is 0 Å². The molecule has 0 aromatic heterocycles. The van der Waals surface area contributed by atoms with Gasteiger partial charge in [-0.05, 0) is 38.7 Å². The Bertz CT molecular complexity index is 351. The van der Waals surface area contributed by atoms with Crippen molar-refractivity contribution < 1.29 is 0 Å². The molecule has 0 spiro atoms. The molecular weight excluding hydrogens is 208 g/mol. The van der Waals surface area contributed by atoms with E-state index in [0.29, 0.717) is 5.02 Å². The largest absolute Gasteiger partial charge is 0.305 e. The van der Waals surface area contributed by atoms with Crippen LogP contribution in [0, 0.1) is 11.3 Å². The third-order valence-corrected chi connectivity index (χ3v) is 2.92. The summed E-state index contributed by atoms with van der Waals surface area (Å²) < 4.78 is 0. The van der Waals surface area contributed by atoms with Crippen LogP contribution in [0.3, 0.4) is 0 Å². The van der Waals surface area contributed by atoms with Gasteiger partial charge in [-0.2, -0.15) is 5.26 Å². The van der Waals surface area contributed by atoms with Crippen LogP contribution >= 0.6 is 11.6 Å². The van der Waals surface area contributed by atoms with E-state index in [1.54, 1.807) is 0 Å². The minimum atomic E-state index is -0.114. The lowest BCUT2D eigenvalue weighted by Crippen LogP contribution is -2.30. The average Bonchev–Trinajstić information content (AvgIpc) is 2.21. The Kier molecular flexibility index (Phi) is 4.14. The van der Waals surface area contributed by atoms with Gasteiger partial charge in [0.05, 0.1) is 12.0 Å². The molecule has 0 fully saturated rings. The van der Waals surface area contributed by atoms with Crippen molar-refractivity contribution in [2.75, 3.05) is 14.1 Å². The molecule has 0 radical (unpaired) electrons. The van der Waals surface area contributed by atoms with Gasteiger partial charge in [0.1, 0.15) is 0 Å². The molecular formula is C12H15ClN2. The summed E-state index contributed by atoms with van der Waals surface area (Å²) in [5, 5.41) is 9.86. The maximum atomic E-state index is 9.16. The van der Waals surface area contributed by atoms with E-state index in [1.807, 2.05) is 50.2 Å². The highest BCUT2D eigenvalue weighted by Crippen LogP contribution is 2.23. The molecule has 0 heterocycles. The zero-order chi connectivity index (χ0) is 11.4. The Morgan fingerprint density at radius 3 is 2.20 bits per heavy atom. The van der Waals surface area contributed by atoms with Crippen molar-refractivity contribution in [3.8, 4) is 6.07 Å². The Labute approximate surface area is 96.1 Å². The molecule has 0 saturated carbocycles. The highest BCUT2D eigenvalue weighted by atomic mass is 35.5. The number of likely N-dealkylation sites (N-methyl/N-ethyl adjacent to an activating group) is 1. The summed E-state index contributed by atoms with van der Waals surface area (Å²) in [6, 6.07) is 10.00. The highest BCUT2D eigenvalue weighted by Gasteiger charge is 2.20. The smallest absolute Gasteiger partial charge is 0.0865 e. The van der Waals surface area contributed by atoms with E-state index in [9.17, 15) is 0 Å². The van der Waals surface area contributed by atoms with Gasteiger partial charge in [0, 0.05) is 11.1 Å². The van der Waals surface area contributed by atoms with Crippen LogP contribution in [-0.2, 0) is 0 Å². The molecule has 0 aliphatic rings. The van der Waals surface area contributed by atoms with Crippen molar-refractivity contribution in [1.29, 1.82) is 5.26 Å². The fourth-order valence-electron chi connectivity index (χ4n) is 1.43. The third kappa shape index (κ3) is 2.95. The van der Waals surface area contributed by atoms with Crippen LogP contribution in [0.25, 0.3) is 0 Å². The van der Waals surface area contributed by atoms with Crippen LogP contribution < -0.4 is 0 Å². The van der Waals surface area contributed by atoms with Crippen LogP contribution in [0.2, 0.25) is 5.02 Å². The van der Waals surface area contributed by atoms with Crippen molar-refractivity contribution in [3.63, 3.8) is 0 Å². The van der Waals surface area contributed by atoms with E-state index in [1.165, 1.54) is 0 Å². The zero-order valence-electron chi connectivity index (χ0n) is 9.24. The van der Waals surface area contributed by atoms with Crippen LogP contribution in [0.15, 0.2) is 24.3 Å². The summed E-state index contributed by atoms with van der Waals surface area (Å²) in [6.07, 6.45) is 0. The normalized spacial score (nSPS) is 14.7. The van der Waals surface area contributed by atoms with Crippen molar-refractivity contribution in [1.82, 2.24) is 4.90 Å². The zero-order valence-corrected chi connectivity index (χ0v) is 9.99. The number of nitriles is 1. The number of nitrogens with zero attached hydrogens (tertiary/aromatic N) is 2. The molecule has 80 valence electrons. The Morgan fingerprint density at radius 2 is 1.80 bits per heavy atom. The lowest BCUT2D eigenvalue weighted by atomic mass is 9.93. The first kappa shape index (κ1) is 12.0. The Hall–Kier alpha value is -1.04. The molecule has 0 saturated heterocycles. The van der Waals surface area contributed by atoms with Crippen molar-refractivity contribution in [2.24, 2.45) is 0 Å². The van der Waals surface area contributed by atoms with Crippen molar-refractivity contribution in [2.45, 2.75) is 18.9 Å². The van der Waals surface area contributed by atoms with Crippen molar-refractivity contribution >= 4 is 11.6 Å². The standard InChI is InChI=1S/C12H15ClN2/c1-9(15(2)3)12(8-14)10-4-6-11(13)7-5-10/h4-7,9,12H,1-3H3. The van der Waals surface area contributed by atoms with E-state index < -0.39 is 0 Å². The SMILES string of the molecule is CC(C(C#N)c1ccc(Cl)cc1)N(C)C. The van der Waals surface area contributed by atoms with E-state index >= 15 is 0 Å². The summed E-state index contributed by atoms with van der Waals surface area (Å²) in [5.74, 6) is -0.114. The Balaban J connectivity index is 2.94. The molecule has 2 unspecified atom stereocenters. The van der Waals surface area contributed by atoms with Crippen LogP contribution in [0.5, 0.6) is 0 Å². The lowest BCUT2D eigenvalue weighted by Gasteiger charge is -2.24. The number of rotatable bonds is 3. The first-order valence-corrected chi connectivity index (χ1v) is 5.25. The minimum Gasteiger partial charge on any atom is -0.305 e. The summed E-state index contributed by atoms with van der Waals surface area (Å²) in [4.78, 5) is 2.04. The van der Waals surface area contributed by atoms with Gasteiger partial charge in [-0.25, -0.2) is 0 Å². The monoisotopic (exact) mass is 222 g/mol. The molecule has 0 N–H and O–H groups in total. The fraction of sp³-hybridized carbons (Fsp3) is 0.417. The topological polar surface area (TPSA) is 27.0 Å². The van der Waals surface area contributed by atoms with Gasteiger partial charge >= 0.3 is 0 Å². The van der Waals surface area contributed by atoms with E-state index in [0.717, 1.165) is 5.56 Å². The molecule has 0 aliphatic heterocycles. The second-order valence-corrected chi connectivity index (χ2v) is 4.30. The lowest BCUT2D eigenvalue weighted by molar-refractivity contribution is 0.296. The molecule has 15 heavy (non-hydrogen) atoms. The molecule has 1 aromatic rings. The van der Waals surface area contributed by atoms with Gasteiger partial charge in [-0.3, -0.25) is 0 Å². The maximum Gasteiger partial charge on any atom is 0.0865 e. The predicted octanol–water partition coefficient (Wildman–Crippen LogP) is 2.90. The highest BCUT2D eigenvalue weighted by molar-refractivity contribution is 6.30. The average molecular weight is 223 g/mol. The second kappa shape index (κ2) is 5.16. The van der Waals surface area contributed by atoms with Gasteiger partial charge in [0.15, 0.2) is 0 Å². The molecule has 3 heteroatoms. The van der Waals surface area contributed by atoms with E-state index in [2.05, 4.69) is 6.07 Å². The Morgan fingerprint density at radius 1 is 1.27 bits per heavy atom. The molecule has 1 aromatic carbocycles. The maximum absolute atomic E-state index is 9.16. The van der Waals surface area contributed by atoms with Crippen LogP contribution in [0.1, 0.15) is 18.4 Å². The first-order chi connectivity index (χ1) is 7.06. The summed E-state index contributed by atoms with van der Waals surface area (Å²) >= 11 is 5.81. The number of hydrogen-bond donors (Lipinski definition) is 0. The minimum absolute atomic E-state index is 0.114. The number of benzene rings is 1. The van der Waals surface area contributed by atoms with Crippen LogP contribution in [-0.4, -0.2) is 25.0 Å². The summed E-state index contributed by atoms with van der Waals surface area (Å²) in [5.41, 5.74) is 1.02. The predicted molar refractivity (Wildman–Crippen MR) is 63.0 cm³/mol. The van der Waals surface area contributed by atoms with E-state index in [4.69, 9.17) is 16.9 Å². The van der Waals surface area contributed by atoms with Gasteiger partial charge in [-0.15, -0.1) is 0 Å². The first-order valence-electron chi connectivity index (χ1n) is 4.87. The summed E-state index contributed by atoms with van der Waals surface area (Å²) in [6.45, 7) is 2.04. The second-order valence-electron chi connectivity index (χ2n) is 3.86. The molecule has 2 nitrogen and oxygen atoms in total. The number of halogens is 1. The molecule has 0 aliphatic carbocycles. The molecule has 1 rings (SSSR count). The summed E-state index contributed by atoms with van der Waals surface area (Å²) in [7, 11) is 3.95. The third-order valence-electron chi connectivity index (χ3n) is 2.67. The fourth-order valence-corrected chi connectivity index (χ4v) is 1.56. The van der Waals surface area contributed by atoms with E-state index in [-0.39, 0.29) is 12.0 Å². The van der Waals surface area contributed by atoms with Gasteiger partial charge in [0.25, 0.3) is 0 Å². The number of hydrogen-bond acceptors (Lipinski definition) is 2. The van der Waals surface area contributed by atoms with Gasteiger partial charge in [-0.1, -0.05) is 23.7 Å².